The number of hydrogen-bond acceptors (Lipinski definition) is 6. The van der Waals surface area contributed by atoms with Crippen LogP contribution in [-0.2, 0) is 0 Å². The predicted octanol–water partition coefficient (Wildman–Crippen LogP) is 1.77. The Balaban J connectivity index is 2.00. The SMILES string of the molecule is Cc1ccc(C(=N)c2cnc3[nH]cc(C(=O)NC(C)(C)CO)c3n2)c(N)c1. The zero-order valence-corrected chi connectivity index (χ0v) is 15.4. The molecule has 0 saturated carbocycles. The van der Waals surface area contributed by atoms with Gasteiger partial charge >= 0.3 is 0 Å². The van der Waals surface area contributed by atoms with Crippen LogP contribution in [0.25, 0.3) is 11.2 Å². The van der Waals surface area contributed by atoms with Crippen LogP contribution in [0.2, 0.25) is 0 Å². The van der Waals surface area contributed by atoms with Crippen LogP contribution in [0.3, 0.4) is 0 Å². The van der Waals surface area contributed by atoms with Crippen molar-refractivity contribution >= 4 is 28.5 Å². The molecule has 1 aromatic carbocycles. The third-order valence-electron chi connectivity index (χ3n) is 4.21. The number of nitrogens with zero attached hydrogens (tertiary/aromatic N) is 2. The van der Waals surface area contributed by atoms with Crippen LogP contribution in [0.5, 0.6) is 0 Å². The molecule has 8 nitrogen and oxygen atoms in total. The first-order valence-electron chi connectivity index (χ1n) is 8.45. The lowest BCUT2D eigenvalue weighted by Crippen LogP contribution is -2.46. The number of anilines is 1. The molecule has 27 heavy (non-hydrogen) atoms. The van der Waals surface area contributed by atoms with Gasteiger partial charge in [0.05, 0.1) is 29.6 Å². The van der Waals surface area contributed by atoms with Gasteiger partial charge < -0.3 is 21.1 Å². The van der Waals surface area contributed by atoms with E-state index in [-0.39, 0.29) is 18.2 Å². The van der Waals surface area contributed by atoms with Crippen molar-refractivity contribution in [3.05, 3.63) is 53.0 Å². The standard InChI is InChI=1S/C19H22N6O2/c1-10-4-5-11(13(20)6-10)15(21)14-8-23-17-16(24-14)12(7-22-17)18(27)25-19(2,3)9-26/h4-8,21,26H,9,20H2,1-3H3,(H,22,23)(H,25,27). The zero-order chi connectivity index (χ0) is 19.8. The Hall–Kier alpha value is -3.26. The number of amides is 1. The Kier molecular flexibility index (Phi) is 4.67. The highest BCUT2D eigenvalue weighted by atomic mass is 16.3. The van der Waals surface area contributed by atoms with Gasteiger partial charge in [-0.2, -0.15) is 0 Å². The molecule has 0 saturated heterocycles. The normalized spacial score (nSPS) is 11.6. The number of nitrogen functional groups attached to an aromatic ring is 1. The fourth-order valence-electron chi connectivity index (χ4n) is 2.65. The number of aryl methyl sites for hydroxylation is 1. The van der Waals surface area contributed by atoms with Gasteiger partial charge in [0.15, 0.2) is 5.65 Å². The van der Waals surface area contributed by atoms with Crippen molar-refractivity contribution in [1.82, 2.24) is 20.3 Å². The van der Waals surface area contributed by atoms with Gasteiger partial charge in [-0.15, -0.1) is 0 Å². The molecule has 2 aromatic heterocycles. The Morgan fingerprint density at radius 1 is 1.37 bits per heavy atom. The number of nitrogens with one attached hydrogen (secondary N) is 3. The third-order valence-corrected chi connectivity index (χ3v) is 4.21. The fourth-order valence-corrected chi connectivity index (χ4v) is 2.65. The van der Waals surface area contributed by atoms with Crippen LogP contribution in [0, 0.1) is 12.3 Å². The van der Waals surface area contributed by atoms with Crippen molar-refractivity contribution in [2.45, 2.75) is 26.3 Å². The Morgan fingerprint density at radius 2 is 2.11 bits per heavy atom. The van der Waals surface area contributed by atoms with Crippen molar-refractivity contribution in [2.75, 3.05) is 12.3 Å². The molecule has 8 heteroatoms. The summed E-state index contributed by atoms with van der Waals surface area (Å²) in [6.07, 6.45) is 2.99. The van der Waals surface area contributed by atoms with Gasteiger partial charge in [0, 0.05) is 17.4 Å². The first kappa shape index (κ1) is 18.5. The molecule has 140 valence electrons. The van der Waals surface area contributed by atoms with Gasteiger partial charge in [0.2, 0.25) is 0 Å². The summed E-state index contributed by atoms with van der Waals surface area (Å²) in [7, 11) is 0. The maximum Gasteiger partial charge on any atom is 0.255 e. The molecule has 0 spiro atoms. The summed E-state index contributed by atoms with van der Waals surface area (Å²) in [5.74, 6) is -0.381. The number of aromatic nitrogens is 3. The minimum absolute atomic E-state index is 0.130. The molecule has 0 aliphatic heterocycles. The van der Waals surface area contributed by atoms with E-state index in [1.54, 1.807) is 26.0 Å². The first-order valence-corrected chi connectivity index (χ1v) is 8.45. The Morgan fingerprint density at radius 3 is 2.78 bits per heavy atom. The summed E-state index contributed by atoms with van der Waals surface area (Å²) in [6.45, 7) is 5.16. The first-order chi connectivity index (χ1) is 12.7. The molecular weight excluding hydrogens is 344 g/mol. The molecule has 0 aliphatic carbocycles. The number of H-pyrrole nitrogens is 1. The highest BCUT2D eigenvalue weighted by Crippen LogP contribution is 2.20. The molecule has 3 aromatic rings. The topological polar surface area (TPSA) is 141 Å². The lowest BCUT2D eigenvalue weighted by molar-refractivity contribution is 0.0871. The van der Waals surface area contributed by atoms with Gasteiger partial charge in [-0.1, -0.05) is 12.1 Å². The van der Waals surface area contributed by atoms with Gasteiger partial charge in [0.25, 0.3) is 5.91 Å². The lowest BCUT2D eigenvalue weighted by Gasteiger charge is -2.23. The van der Waals surface area contributed by atoms with E-state index in [4.69, 9.17) is 11.1 Å². The highest BCUT2D eigenvalue weighted by Gasteiger charge is 2.23. The van der Waals surface area contributed by atoms with E-state index in [1.165, 1.54) is 12.4 Å². The third kappa shape index (κ3) is 3.65. The number of carbonyl (C=O) groups excluding carboxylic acids is 1. The van der Waals surface area contributed by atoms with Crippen LogP contribution in [-0.4, -0.2) is 43.8 Å². The minimum atomic E-state index is -0.769. The summed E-state index contributed by atoms with van der Waals surface area (Å²) < 4.78 is 0. The van der Waals surface area contributed by atoms with Crippen molar-refractivity contribution in [2.24, 2.45) is 0 Å². The van der Waals surface area contributed by atoms with Crippen LogP contribution in [0.1, 0.15) is 41.0 Å². The number of aliphatic hydroxyl groups excluding tert-OH is 1. The summed E-state index contributed by atoms with van der Waals surface area (Å²) in [6, 6.07) is 5.44. The highest BCUT2D eigenvalue weighted by molar-refractivity contribution is 6.13. The Bertz CT molecular complexity index is 1040. The van der Waals surface area contributed by atoms with E-state index in [2.05, 4.69) is 20.3 Å². The quantitative estimate of drug-likeness (QED) is 0.346. The van der Waals surface area contributed by atoms with Crippen LogP contribution in [0.4, 0.5) is 5.69 Å². The molecule has 0 unspecified atom stereocenters. The van der Waals surface area contributed by atoms with Gasteiger partial charge in [-0.25, -0.2) is 9.97 Å². The molecular formula is C19H22N6O2. The zero-order valence-electron chi connectivity index (χ0n) is 15.4. The van der Waals surface area contributed by atoms with Gasteiger partial charge in [0.1, 0.15) is 11.2 Å². The second-order valence-corrected chi connectivity index (χ2v) is 7.12. The second-order valence-electron chi connectivity index (χ2n) is 7.12. The van der Waals surface area contributed by atoms with Crippen LogP contribution < -0.4 is 11.1 Å². The summed E-state index contributed by atoms with van der Waals surface area (Å²) in [5.41, 5.74) is 8.84. The molecule has 6 N–H and O–H groups in total. The maximum atomic E-state index is 12.6. The lowest BCUT2D eigenvalue weighted by atomic mass is 10.0. The smallest absolute Gasteiger partial charge is 0.255 e. The fraction of sp³-hybridized carbons (Fsp3) is 0.263. The molecule has 0 bridgehead atoms. The monoisotopic (exact) mass is 366 g/mol. The molecule has 1 amide bonds. The van der Waals surface area contributed by atoms with E-state index < -0.39 is 5.54 Å². The predicted molar refractivity (Wildman–Crippen MR) is 104 cm³/mol. The molecule has 0 aliphatic rings. The number of aliphatic hydroxyl groups is 1. The van der Waals surface area contributed by atoms with E-state index in [1.807, 2.05) is 13.0 Å². The van der Waals surface area contributed by atoms with Crippen molar-refractivity contribution in [3.63, 3.8) is 0 Å². The van der Waals surface area contributed by atoms with Crippen molar-refractivity contribution < 1.29 is 9.90 Å². The second kappa shape index (κ2) is 6.81. The number of aromatic amines is 1. The van der Waals surface area contributed by atoms with E-state index in [9.17, 15) is 9.90 Å². The largest absolute Gasteiger partial charge is 0.398 e. The van der Waals surface area contributed by atoms with Gasteiger partial charge in [-0.3, -0.25) is 10.2 Å². The van der Waals surface area contributed by atoms with Crippen LogP contribution in [0.15, 0.2) is 30.6 Å². The molecule has 0 atom stereocenters. The number of benzene rings is 1. The summed E-state index contributed by atoms with van der Waals surface area (Å²) >= 11 is 0. The summed E-state index contributed by atoms with van der Waals surface area (Å²) in [5, 5.41) is 20.5. The number of fused-ring (bicyclic) bond motifs is 1. The average Bonchev–Trinajstić information content (AvgIpc) is 3.04. The number of carbonyl (C=O) groups is 1. The number of rotatable bonds is 5. The van der Waals surface area contributed by atoms with E-state index >= 15 is 0 Å². The Labute approximate surface area is 156 Å². The molecule has 0 fully saturated rings. The summed E-state index contributed by atoms with van der Waals surface area (Å²) in [4.78, 5) is 24.2. The van der Waals surface area contributed by atoms with E-state index in [0.717, 1.165) is 5.56 Å². The number of nitrogens with two attached hydrogens (primary N) is 1. The molecule has 2 heterocycles. The average molecular weight is 366 g/mol. The number of hydrogen-bond donors (Lipinski definition) is 5. The van der Waals surface area contributed by atoms with E-state index in [0.29, 0.717) is 33.7 Å². The van der Waals surface area contributed by atoms with Crippen molar-refractivity contribution in [1.29, 1.82) is 5.41 Å². The maximum absolute atomic E-state index is 12.6. The van der Waals surface area contributed by atoms with Crippen molar-refractivity contribution in [3.8, 4) is 0 Å². The minimum Gasteiger partial charge on any atom is -0.398 e. The molecule has 0 radical (unpaired) electrons. The molecule has 3 rings (SSSR count). The van der Waals surface area contributed by atoms with Gasteiger partial charge in [-0.05, 0) is 32.4 Å². The van der Waals surface area contributed by atoms with Crippen LogP contribution >= 0.6 is 0 Å².